The Kier molecular flexibility index (Phi) is 6.41. The fourth-order valence-corrected chi connectivity index (χ4v) is 3.37. The van der Waals surface area contributed by atoms with Crippen molar-refractivity contribution in [3.63, 3.8) is 0 Å². The lowest BCUT2D eigenvalue weighted by molar-refractivity contribution is -0.115. The lowest BCUT2D eigenvalue weighted by Gasteiger charge is -2.14. The van der Waals surface area contributed by atoms with Gasteiger partial charge in [-0.3, -0.25) is 9.59 Å². The van der Waals surface area contributed by atoms with Crippen LogP contribution in [0.25, 0.3) is 0 Å². The maximum absolute atomic E-state index is 12.5. The highest BCUT2D eigenvalue weighted by Gasteiger charge is 2.18. The van der Waals surface area contributed by atoms with Crippen LogP contribution in [0.5, 0.6) is 0 Å². The van der Waals surface area contributed by atoms with Gasteiger partial charge in [0.2, 0.25) is 5.91 Å². The Morgan fingerprint density at radius 1 is 1.15 bits per heavy atom. The summed E-state index contributed by atoms with van der Waals surface area (Å²) in [5.74, 6) is -0.374. The number of nitrogens with one attached hydrogen (secondary N) is 2. The number of ether oxygens (including phenoxy) is 1. The van der Waals surface area contributed by atoms with Crippen LogP contribution in [0.1, 0.15) is 28.8 Å². The van der Waals surface area contributed by atoms with Crippen LogP contribution < -0.4 is 10.6 Å². The molecule has 0 radical (unpaired) electrons. The molecule has 2 amide bonds. The van der Waals surface area contributed by atoms with Crippen molar-refractivity contribution in [2.75, 3.05) is 18.5 Å². The van der Waals surface area contributed by atoms with Crippen molar-refractivity contribution in [1.29, 1.82) is 0 Å². The summed E-state index contributed by atoms with van der Waals surface area (Å²) in [7, 11) is 0. The normalized spacial score (nSPS) is 16.3. The van der Waals surface area contributed by atoms with E-state index in [2.05, 4.69) is 26.6 Å². The van der Waals surface area contributed by atoms with Crippen LogP contribution in [0.4, 0.5) is 5.69 Å². The van der Waals surface area contributed by atoms with Gasteiger partial charge in [-0.1, -0.05) is 40.2 Å². The van der Waals surface area contributed by atoms with Crippen molar-refractivity contribution in [3.05, 3.63) is 64.1 Å². The molecule has 26 heavy (non-hydrogen) atoms. The molecule has 2 aromatic carbocycles. The smallest absolute Gasteiger partial charge is 0.253 e. The summed E-state index contributed by atoms with van der Waals surface area (Å²) in [6, 6.07) is 14.6. The number of halogens is 1. The molecule has 1 aliphatic heterocycles. The second kappa shape index (κ2) is 8.96. The molecule has 0 bridgehead atoms. The molecule has 1 aliphatic rings. The van der Waals surface area contributed by atoms with Crippen LogP contribution in [0.3, 0.4) is 0 Å². The molecule has 1 atom stereocenters. The number of amides is 2. The minimum Gasteiger partial charge on any atom is -0.376 e. The molecule has 2 aromatic rings. The minimum absolute atomic E-state index is 0.0808. The van der Waals surface area contributed by atoms with E-state index in [9.17, 15) is 9.59 Å². The number of para-hydroxylation sites is 1. The first-order valence-electron chi connectivity index (χ1n) is 8.65. The van der Waals surface area contributed by atoms with Crippen molar-refractivity contribution < 1.29 is 14.3 Å². The molecule has 3 rings (SSSR count). The van der Waals surface area contributed by atoms with E-state index in [1.807, 2.05) is 24.3 Å². The molecule has 136 valence electrons. The van der Waals surface area contributed by atoms with E-state index < -0.39 is 0 Å². The van der Waals surface area contributed by atoms with Gasteiger partial charge in [-0.25, -0.2) is 0 Å². The first-order valence-corrected chi connectivity index (χ1v) is 9.44. The summed E-state index contributed by atoms with van der Waals surface area (Å²) >= 11 is 3.40. The first kappa shape index (κ1) is 18.6. The Balaban J connectivity index is 1.62. The lowest BCUT2D eigenvalue weighted by atomic mass is 10.1. The van der Waals surface area contributed by atoms with E-state index in [0.717, 1.165) is 29.5 Å². The van der Waals surface area contributed by atoms with Gasteiger partial charge in [0.25, 0.3) is 5.91 Å². The van der Waals surface area contributed by atoms with E-state index in [1.165, 1.54) is 0 Å². The molecule has 0 aromatic heterocycles. The average molecular weight is 417 g/mol. The summed E-state index contributed by atoms with van der Waals surface area (Å²) in [4.78, 5) is 24.8. The zero-order valence-electron chi connectivity index (χ0n) is 14.3. The Hall–Kier alpha value is -2.18. The maximum Gasteiger partial charge on any atom is 0.253 e. The van der Waals surface area contributed by atoms with E-state index in [-0.39, 0.29) is 24.3 Å². The van der Waals surface area contributed by atoms with E-state index >= 15 is 0 Å². The quantitative estimate of drug-likeness (QED) is 0.756. The number of carbonyl (C=O) groups excluding carboxylic acids is 2. The molecular formula is C20H21BrN2O3. The number of benzene rings is 2. The topological polar surface area (TPSA) is 67.4 Å². The van der Waals surface area contributed by atoms with Crippen LogP contribution in [0.2, 0.25) is 0 Å². The van der Waals surface area contributed by atoms with Crippen LogP contribution >= 0.6 is 15.9 Å². The molecule has 6 heteroatoms. The molecule has 0 saturated carbocycles. The Morgan fingerprint density at radius 3 is 2.77 bits per heavy atom. The number of carbonyl (C=O) groups is 2. The Morgan fingerprint density at radius 2 is 2.00 bits per heavy atom. The van der Waals surface area contributed by atoms with Crippen LogP contribution in [0.15, 0.2) is 53.0 Å². The molecule has 1 heterocycles. The maximum atomic E-state index is 12.5. The van der Waals surface area contributed by atoms with Gasteiger partial charge < -0.3 is 15.4 Å². The molecule has 2 N–H and O–H groups in total. The number of anilines is 1. The monoisotopic (exact) mass is 416 g/mol. The van der Waals surface area contributed by atoms with Gasteiger partial charge in [0.05, 0.1) is 23.8 Å². The van der Waals surface area contributed by atoms with Crippen molar-refractivity contribution in [2.24, 2.45) is 0 Å². The molecule has 0 aliphatic carbocycles. The summed E-state index contributed by atoms with van der Waals surface area (Å²) in [6.45, 7) is 1.24. The second-order valence-corrected chi connectivity index (χ2v) is 7.16. The third-order valence-corrected chi connectivity index (χ3v) is 4.71. The highest BCUT2D eigenvalue weighted by Crippen LogP contribution is 2.17. The van der Waals surface area contributed by atoms with Crippen molar-refractivity contribution >= 4 is 33.4 Å². The molecule has 0 spiro atoms. The summed E-state index contributed by atoms with van der Waals surface area (Å²) in [5.41, 5.74) is 1.86. The van der Waals surface area contributed by atoms with Crippen LogP contribution in [0, 0.1) is 0 Å². The number of rotatable bonds is 6. The number of hydrogen-bond donors (Lipinski definition) is 2. The van der Waals surface area contributed by atoms with Crippen LogP contribution in [-0.2, 0) is 16.0 Å². The minimum atomic E-state index is -0.209. The van der Waals surface area contributed by atoms with Crippen molar-refractivity contribution in [2.45, 2.75) is 25.4 Å². The van der Waals surface area contributed by atoms with Gasteiger partial charge in [0.15, 0.2) is 0 Å². The Labute approximate surface area is 161 Å². The number of hydrogen-bond acceptors (Lipinski definition) is 3. The fourth-order valence-electron chi connectivity index (χ4n) is 2.92. The third kappa shape index (κ3) is 5.16. The predicted octanol–water partition coefficient (Wildman–Crippen LogP) is 3.54. The van der Waals surface area contributed by atoms with E-state index in [1.54, 1.807) is 24.3 Å². The predicted molar refractivity (Wildman–Crippen MR) is 104 cm³/mol. The van der Waals surface area contributed by atoms with Gasteiger partial charge in [-0.15, -0.1) is 0 Å². The van der Waals surface area contributed by atoms with Gasteiger partial charge in [-0.2, -0.15) is 0 Å². The average Bonchev–Trinajstić information content (AvgIpc) is 3.13. The van der Waals surface area contributed by atoms with E-state index in [0.29, 0.717) is 17.8 Å². The van der Waals surface area contributed by atoms with Gasteiger partial charge in [-0.05, 0) is 42.7 Å². The molecule has 5 nitrogen and oxygen atoms in total. The van der Waals surface area contributed by atoms with Crippen LogP contribution in [-0.4, -0.2) is 31.1 Å². The zero-order valence-corrected chi connectivity index (χ0v) is 15.9. The molecule has 1 fully saturated rings. The summed E-state index contributed by atoms with van der Waals surface area (Å²) in [5, 5.41) is 5.73. The van der Waals surface area contributed by atoms with Gasteiger partial charge in [0, 0.05) is 17.6 Å². The first-order chi connectivity index (χ1) is 12.6. The van der Waals surface area contributed by atoms with Crippen molar-refractivity contribution in [1.82, 2.24) is 5.32 Å². The Bertz CT molecular complexity index is 788. The molecule has 1 saturated heterocycles. The lowest BCUT2D eigenvalue weighted by Crippen LogP contribution is -2.32. The van der Waals surface area contributed by atoms with Gasteiger partial charge >= 0.3 is 0 Å². The fraction of sp³-hybridized carbons (Fsp3) is 0.300. The summed E-state index contributed by atoms with van der Waals surface area (Å²) in [6.07, 6.45) is 2.32. The van der Waals surface area contributed by atoms with E-state index in [4.69, 9.17) is 4.74 Å². The highest BCUT2D eigenvalue weighted by atomic mass is 79.9. The van der Waals surface area contributed by atoms with Crippen molar-refractivity contribution in [3.8, 4) is 0 Å². The SMILES string of the molecule is O=C(Cc1cccc(Br)c1)Nc1ccccc1C(=O)NCC1CCCO1. The molecule has 1 unspecified atom stereocenters. The zero-order chi connectivity index (χ0) is 18.4. The van der Waals surface area contributed by atoms with Gasteiger partial charge in [0.1, 0.15) is 0 Å². The summed E-state index contributed by atoms with van der Waals surface area (Å²) < 4.78 is 6.45. The highest BCUT2D eigenvalue weighted by molar-refractivity contribution is 9.10. The third-order valence-electron chi connectivity index (χ3n) is 4.21. The second-order valence-electron chi connectivity index (χ2n) is 6.25. The standard InChI is InChI=1S/C20H21BrN2O3/c21-15-6-3-5-14(11-15)12-19(24)23-18-9-2-1-8-17(18)20(25)22-13-16-7-4-10-26-16/h1-3,5-6,8-9,11,16H,4,7,10,12-13H2,(H,22,25)(H,23,24). The molecular weight excluding hydrogens is 396 g/mol. The largest absolute Gasteiger partial charge is 0.376 e.